The maximum atomic E-state index is 13.6. The van der Waals surface area contributed by atoms with Crippen LogP contribution in [0.2, 0.25) is 0 Å². The smallest absolute Gasteiger partial charge is 0.223 e. The molecular formula is C18H19F2NO2. The number of carbonyl (C=O) groups is 1. The Morgan fingerprint density at radius 3 is 2.57 bits per heavy atom. The van der Waals surface area contributed by atoms with Crippen LogP contribution in [0.15, 0.2) is 42.5 Å². The highest BCUT2D eigenvalue weighted by atomic mass is 19.1. The van der Waals surface area contributed by atoms with Gasteiger partial charge >= 0.3 is 0 Å². The molecule has 2 aromatic rings. The predicted octanol–water partition coefficient (Wildman–Crippen LogP) is 3.57. The van der Waals surface area contributed by atoms with Crippen LogP contribution in [-0.2, 0) is 4.79 Å². The number of hydrogen-bond donors (Lipinski definition) is 2. The Balaban J connectivity index is 1.97. The lowest BCUT2D eigenvalue weighted by Crippen LogP contribution is -2.28. The molecule has 0 radical (unpaired) electrons. The quantitative estimate of drug-likeness (QED) is 0.885. The van der Waals surface area contributed by atoms with Gasteiger partial charge in [-0.05, 0) is 48.7 Å². The highest BCUT2D eigenvalue weighted by Crippen LogP contribution is 2.20. The SMILES string of the molecule is Cc1ccc(C(C)NC(=O)CC(O)c2cccc(F)c2)cc1F. The van der Waals surface area contributed by atoms with Crippen LogP contribution in [-0.4, -0.2) is 11.0 Å². The van der Waals surface area contributed by atoms with E-state index in [-0.39, 0.29) is 12.2 Å². The normalized spacial score (nSPS) is 13.4. The van der Waals surface area contributed by atoms with E-state index in [2.05, 4.69) is 5.32 Å². The first-order valence-corrected chi connectivity index (χ1v) is 7.35. The minimum atomic E-state index is -1.09. The van der Waals surface area contributed by atoms with E-state index in [4.69, 9.17) is 0 Å². The number of carbonyl (C=O) groups excluding carboxylic acids is 1. The summed E-state index contributed by atoms with van der Waals surface area (Å²) < 4.78 is 26.7. The van der Waals surface area contributed by atoms with Crippen molar-refractivity contribution in [2.24, 2.45) is 0 Å². The third-order valence-electron chi connectivity index (χ3n) is 3.69. The summed E-state index contributed by atoms with van der Waals surface area (Å²) in [6.45, 7) is 3.40. The van der Waals surface area contributed by atoms with Crippen LogP contribution in [0.4, 0.5) is 8.78 Å². The Morgan fingerprint density at radius 2 is 1.91 bits per heavy atom. The number of aliphatic hydroxyl groups is 1. The van der Waals surface area contributed by atoms with Crippen molar-refractivity contribution in [3.63, 3.8) is 0 Å². The Morgan fingerprint density at radius 1 is 1.17 bits per heavy atom. The van der Waals surface area contributed by atoms with Gasteiger partial charge in [0.15, 0.2) is 0 Å². The summed E-state index contributed by atoms with van der Waals surface area (Å²) in [6, 6.07) is 9.87. The van der Waals surface area contributed by atoms with Crippen LogP contribution in [0.3, 0.4) is 0 Å². The molecule has 122 valence electrons. The molecule has 0 fully saturated rings. The summed E-state index contributed by atoms with van der Waals surface area (Å²) in [4.78, 5) is 12.0. The van der Waals surface area contributed by atoms with Crippen LogP contribution < -0.4 is 5.32 Å². The highest BCUT2D eigenvalue weighted by Gasteiger charge is 2.16. The fourth-order valence-electron chi connectivity index (χ4n) is 2.27. The second-order valence-electron chi connectivity index (χ2n) is 5.57. The Bertz CT molecular complexity index is 703. The number of aryl methyl sites for hydroxylation is 1. The molecule has 2 N–H and O–H groups in total. The van der Waals surface area contributed by atoms with E-state index < -0.39 is 23.9 Å². The second kappa shape index (κ2) is 7.33. The van der Waals surface area contributed by atoms with Crippen LogP contribution in [0, 0.1) is 18.6 Å². The Kier molecular flexibility index (Phi) is 5.45. The van der Waals surface area contributed by atoms with Gasteiger partial charge in [-0.2, -0.15) is 0 Å². The fourth-order valence-corrected chi connectivity index (χ4v) is 2.27. The molecule has 0 bridgehead atoms. The van der Waals surface area contributed by atoms with Gasteiger partial charge in [-0.3, -0.25) is 4.79 Å². The zero-order valence-corrected chi connectivity index (χ0v) is 13.0. The number of aliphatic hydroxyl groups excluding tert-OH is 1. The van der Waals surface area contributed by atoms with Crippen LogP contribution in [0.25, 0.3) is 0 Å². The number of hydrogen-bond acceptors (Lipinski definition) is 2. The maximum Gasteiger partial charge on any atom is 0.223 e. The third kappa shape index (κ3) is 4.60. The van der Waals surface area contributed by atoms with Crippen LogP contribution in [0.1, 0.15) is 42.2 Å². The molecule has 2 atom stereocenters. The topological polar surface area (TPSA) is 49.3 Å². The predicted molar refractivity (Wildman–Crippen MR) is 83.7 cm³/mol. The molecule has 2 rings (SSSR count). The minimum absolute atomic E-state index is 0.192. The average molecular weight is 319 g/mol. The Hall–Kier alpha value is -2.27. The van der Waals surface area contributed by atoms with Crippen molar-refractivity contribution < 1.29 is 18.7 Å². The van der Waals surface area contributed by atoms with Crippen molar-refractivity contribution >= 4 is 5.91 Å². The molecule has 0 saturated heterocycles. The second-order valence-corrected chi connectivity index (χ2v) is 5.57. The number of rotatable bonds is 5. The van der Waals surface area contributed by atoms with E-state index in [1.54, 1.807) is 32.0 Å². The monoisotopic (exact) mass is 319 g/mol. The van der Waals surface area contributed by atoms with Crippen molar-refractivity contribution in [2.45, 2.75) is 32.4 Å². The van der Waals surface area contributed by atoms with E-state index >= 15 is 0 Å². The lowest BCUT2D eigenvalue weighted by molar-refractivity contribution is -0.123. The van der Waals surface area contributed by atoms with Gasteiger partial charge in [0.25, 0.3) is 0 Å². The number of benzene rings is 2. The van der Waals surface area contributed by atoms with Gasteiger partial charge in [-0.15, -0.1) is 0 Å². The molecule has 0 aliphatic carbocycles. The summed E-state index contributed by atoms with van der Waals surface area (Å²) in [5.74, 6) is -1.19. The molecule has 0 saturated carbocycles. The zero-order valence-electron chi connectivity index (χ0n) is 13.0. The molecule has 2 unspecified atom stereocenters. The minimum Gasteiger partial charge on any atom is -0.388 e. The molecular weight excluding hydrogens is 300 g/mol. The summed E-state index contributed by atoms with van der Waals surface area (Å²) >= 11 is 0. The first-order chi connectivity index (χ1) is 10.9. The summed E-state index contributed by atoms with van der Waals surface area (Å²) in [7, 11) is 0. The molecule has 1 amide bonds. The summed E-state index contributed by atoms with van der Waals surface area (Å²) in [6.07, 6.45) is -1.28. The van der Waals surface area contributed by atoms with Crippen LogP contribution in [0.5, 0.6) is 0 Å². The van der Waals surface area contributed by atoms with Crippen molar-refractivity contribution in [3.05, 3.63) is 70.8 Å². The van der Waals surface area contributed by atoms with Gasteiger partial charge in [0.2, 0.25) is 5.91 Å². The lowest BCUT2D eigenvalue weighted by atomic mass is 10.0. The summed E-state index contributed by atoms with van der Waals surface area (Å²) in [5, 5.41) is 12.7. The molecule has 0 heterocycles. The van der Waals surface area contributed by atoms with Gasteiger partial charge in [0.1, 0.15) is 11.6 Å². The molecule has 0 aliphatic heterocycles. The molecule has 0 aromatic heterocycles. The largest absolute Gasteiger partial charge is 0.388 e. The van der Waals surface area contributed by atoms with E-state index in [1.807, 2.05) is 0 Å². The molecule has 0 spiro atoms. The molecule has 3 nitrogen and oxygen atoms in total. The number of amides is 1. The van der Waals surface area contributed by atoms with E-state index in [9.17, 15) is 18.7 Å². The molecule has 5 heteroatoms. The van der Waals surface area contributed by atoms with Crippen molar-refractivity contribution in [2.75, 3.05) is 0 Å². The fraction of sp³-hybridized carbons (Fsp3) is 0.278. The average Bonchev–Trinajstić information content (AvgIpc) is 2.49. The standard InChI is InChI=1S/C18H19F2NO2/c1-11-6-7-13(9-16(11)20)12(2)21-18(23)10-17(22)14-4-3-5-15(19)8-14/h3-9,12,17,22H,10H2,1-2H3,(H,21,23). The molecule has 0 aliphatic rings. The van der Waals surface area contributed by atoms with Crippen molar-refractivity contribution in [1.82, 2.24) is 5.32 Å². The van der Waals surface area contributed by atoms with Gasteiger partial charge in [0.05, 0.1) is 18.6 Å². The lowest BCUT2D eigenvalue weighted by Gasteiger charge is -2.17. The Labute approximate surface area is 134 Å². The first-order valence-electron chi connectivity index (χ1n) is 7.35. The van der Waals surface area contributed by atoms with Crippen molar-refractivity contribution in [1.29, 1.82) is 0 Å². The summed E-state index contributed by atoms with van der Waals surface area (Å²) in [5.41, 5.74) is 1.52. The van der Waals surface area contributed by atoms with Crippen molar-refractivity contribution in [3.8, 4) is 0 Å². The number of nitrogens with one attached hydrogen (secondary N) is 1. The molecule has 23 heavy (non-hydrogen) atoms. The van der Waals surface area contributed by atoms with Gasteiger partial charge in [0, 0.05) is 0 Å². The van der Waals surface area contributed by atoms with Crippen LogP contribution >= 0.6 is 0 Å². The number of halogens is 2. The zero-order chi connectivity index (χ0) is 17.0. The maximum absolute atomic E-state index is 13.6. The first kappa shape index (κ1) is 17.1. The highest BCUT2D eigenvalue weighted by molar-refractivity contribution is 5.77. The van der Waals surface area contributed by atoms with E-state index in [0.717, 1.165) is 0 Å². The van der Waals surface area contributed by atoms with Gasteiger partial charge < -0.3 is 10.4 Å². The van der Waals surface area contributed by atoms with Gasteiger partial charge in [-0.1, -0.05) is 24.3 Å². The molecule has 2 aromatic carbocycles. The van der Waals surface area contributed by atoms with E-state index in [1.165, 1.54) is 24.3 Å². The van der Waals surface area contributed by atoms with Gasteiger partial charge in [-0.25, -0.2) is 8.78 Å². The van der Waals surface area contributed by atoms with E-state index in [0.29, 0.717) is 16.7 Å². The third-order valence-corrected chi connectivity index (χ3v) is 3.69.